The van der Waals surface area contributed by atoms with Gasteiger partial charge in [0.1, 0.15) is 0 Å². The quantitative estimate of drug-likeness (QED) is 0.408. The van der Waals surface area contributed by atoms with E-state index in [2.05, 4.69) is 16.9 Å². The summed E-state index contributed by atoms with van der Waals surface area (Å²) in [7, 11) is 0. The van der Waals surface area contributed by atoms with E-state index in [0.717, 1.165) is 37.0 Å². The zero-order valence-electron chi connectivity index (χ0n) is 16.9. The average Bonchev–Trinajstić information content (AvgIpc) is 2.68. The number of aromatic nitrogens is 2. The lowest BCUT2D eigenvalue weighted by Gasteiger charge is -2.56. The first-order valence-corrected chi connectivity index (χ1v) is 12.1. The molecule has 4 saturated carbocycles. The van der Waals surface area contributed by atoms with Crippen molar-refractivity contribution in [1.82, 2.24) is 14.9 Å². The molecule has 6 rings (SSSR count). The molecule has 1 amide bonds. The van der Waals surface area contributed by atoms with Crippen molar-refractivity contribution in [2.45, 2.75) is 55.8 Å². The highest BCUT2D eigenvalue weighted by Crippen LogP contribution is 2.55. The van der Waals surface area contributed by atoms with Gasteiger partial charge in [-0.25, -0.2) is 4.98 Å². The monoisotopic (exact) mass is 443 g/mol. The molecule has 1 N–H and O–H groups in total. The summed E-state index contributed by atoms with van der Waals surface area (Å²) < 4.78 is 1.56. The zero-order chi connectivity index (χ0) is 20.9. The fraction of sp³-hybridized carbons (Fsp3) is 0.522. The van der Waals surface area contributed by atoms with E-state index in [1.54, 1.807) is 28.8 Å². The van der Waals surface area contributed by atoms with Crippen molar-refractivity contribution in [3.63, 3.8) is 0 Å². The molecule has 158 valence electrons. The summed E-state index contributed by atoms with van der Waals surface area (Å²) in [5, 5.41) is 4.91. The number of allylic oxidation sites excluding steroid dienone is 1. The molecule has 0 atom stereocenters. The highest BCUT2D eigenvalue weighted by molar-refractivity contribution is 7.99. The van der Waals surface area contributed by atoms with Gasteiger partial charge in [-0.15, -0.1) is 6.58 Å². The Morgan fingerprint density at radius 1 is 1.27 bits per heavy atom. The topological polar surface area (TPSA) is 64.0 Å². The van der Waals surface area contributed by atoms with Crippen LogP contribution in [0.5, 0.6) is 0 Å². The average molecular weight is 444 g/mol. The minimum absolute atomic E-state index is 0.000733. The molecule has 4 bridgehead atoms. The molecule has 0 unspecified atom stereocenters. The number of hydrogen-bond donors (Lipinski definition) is 1. The minimum atomic E-state index is -0.161. The third-order valence-corrected chi connectivity index (χ3v) is 8.18. The summed E-state index contributed by atoms with van der Waals surface area (Å²) >= 11 is 7.37. The molecule has 1 heterocycles. The number of carbonyl (C=O) groups is 1. The number of carbonyl (C=O) groups excluding carboxylic acids is 1. The van der Waals surface area contributed by atoms with Gasteiger partial charge in [-0.3, -0.25) is 14.2 Å². The van der Waals surface area contributed by atoms with Crippen LogP contribution in [0, 0.1) is 17.8 Å². The third-order valence-electron chi connectivity index (χ3n) is 6.97. The van der Waals surface area contributed by atoms with E-state index in [1.807, 2.05) is 0 Å². The maximum atomic E-state index is 12.9. The van der Waals surface area contributed by atoms with Gasteiger partial charge in [0.2, 0.25) is 5.91 Å². The third kappa shape index (κ3) is 3.69. The standard InChI is InChI=1S/C23H26ClN3O2S/c1-2-5-27-21(29)18-9-17(24)3-4-19(18)25-22(27)30-13-20(28)26-23-10-14-6-15(11-23)8-16(7-14)12-23/h2-4,9,14-16H,1,5-8,10-13H2,(H,26,28). The van der Waals surface area contributed by atoms with Crippen molar-refractivity contribution in [1.29, 1.82) is 0 Å². The largest absolute Gasteiger partial charge is 0.350 e. The van der Waals surface area contributed by atoms with Gasteiger partial charge in [0.15, 0.2) is 5.16 Å². The van der Waals surface area contributed by atoms with Gasteiger partial charge in [-0.05, 0) is 74.5 Å². The van der Waals surface area contributed by atoms with Gasteiger partial charge in [0.25, 0.3) is 5.56 Å². The van der Waals surface area contributed by atoms with E-state index in [0.29, 0.717) is 27.6 Å². The molecule has 5 nitrogen and oxygen atoms in total. The van der Waals surface area contributed by atoms with Crippen molar-refractivity contribution in [3.8, 4) is 0 Å². The van der Waals surface area contributed by atoms with Crippen LogP contribution in [0.25, 0.3) is 10.9 Å². The molecule has 4 aliphatic carbocycles. The summed E-state index contributed by atoms with van der Waals surface area (Å²) in [6, 6.07) is 5.11. The Labute approximate surface area is 185 Å². The van der Waals surface area contributed by atoms with Gasteiger partial charge < -0.3 is 5.32 Å². The molecule has 4 fully saturated rings. The van der Waals surface area contributed by atoms with Gasteiger partial charge in [-0.1, -0.05) is 29.4 Å². The lowest BCUT2D eigenvalue weighted by molar-refractivity contribution is -0.124. The number of hydrogen-bond acceptors (Lipinski definition) is 4. The molecule has 1 aromatic carbocycles. The Bertz CT molecular complexity index is 1040. The highest BCUT2D eigenvalue weighted by atomic mass is 35.5. The second kappa shape index (κ2) is 7.72. The smallest absolute Gasteiger partial charge is 0.262 e. The van der Waals surface area contributed by atoms with Gasteiger partial charge in [-0.2, -0.15) is 0 Å². The first kappa shape index (κ1) is 20.1. The van der Waals surface area contributed by atoms with E-state index >= 15 is 0 Å². The Balaban J connectivity index is 1.34. The molecule has 1 aromatic heterocycles. The summed E-state index contributed by atoms with van der Waals surface area (Å²) in [5.74, 6) is 2.66. The molecule has 2 aromatic rings. The van der Waals surface area contributed by atoms with Crippen molar-refractivity contribution in [3.05, 3.63) is 46.2 Å². The van der Waals surface area contributed by atoms with E-state index in [9.17, 15) is 9.59 Å². The number of nitrogens with one attached hydrogen (secondary N) is 1. The SMILES string of the molecule is C=CCn1c(SCC(=O)NC23CC4CC(CC(C4)C2)C3)nc2ccc(Cl)cc2c1=O. The summed E-state index contributed by atoms with van der Waals surface area (Å²) in [6.45, 7) is 4.09. The zero-order valence-corrected chi connectivity index (χ0v) is 18.5. The van der Waals surface area contributed by atoms with Crippen LogP contribution in [-0.2, 0) is 11.3 Å². The first-order valence-electron chi connectivity index (χ1n) is 10.7. The number of benzene rings is 1. The number of amides is 1. The molecular weight excluding hydrogens is 418 g/mol. The Kier molecular flexibility index (Phi) is 5.18. The van der Waals surface area contributed by atoms with Crippen LogP contribution in [0.15, 0.2) is 40.8 Å². The highest BCUT2D eigenvalue weighted by Gasteiger charge is 2.51. The van der Waals surface area contributed by atoms with Crippen molar-refractivity contribution in [2.24, 2.45) is 17.8 Å². The van der Waals surface area contributed by atoms with E-state index in [1.165, 1.54) is 31.0 Å². The predicted octanol–water partition coefficient (Wildman–Crippen LogP) is 4.41. The first-order chi connectivity index (χ1) is 14.4. The second-order valence-corrected chi connectivity index (χ2v) is 10.7. The molecule has 0 spiro atoms. The molecule has 7 heteroatoms. The summed E-state index contributed by atoms with van der Waals surface area (Å²) in [4.78, 5) is 30.5. The van der Waals surface area contributed by atoms with Crippen molar-refractivity contribution >= 4 is 40.2 Å². The number of halogens is 1. The maximum Gasteiger partial charge on any atom is 0.262 e. The Morgan fingerprint density at radius 3 is 2.57 bits per heavy atom. The predicted molar refractivity (Wildman–Crippen MR) is 121 cm³/mol. The minimum Gasteiger partial charge on any atom is -0.350 e. The lowest BCUT2D eigenvalue weighted by atomic mass is 9.53. The molecule has 30 heavy (non-hydrogen) atoms. The van der Waals surface area contributed by atoms with Crippen LogP contribution < -0.4 is 10.9 Å². The number of fused-ring (bicyclic) bond motifs is 1. The lowest BCUT2D eigenvalue weighted by Crippen LogP contribution is -2.60. The number of nitrogens with zero attached hydrogens (tertiary/aromatic N) is 2. The normalized spacial score (nSPS) is 29.3. The molecule has 0 aliphatic heterocycles. The van der Waals surface area contributed by atoms with Crippen molar-refractivity contribution in [2.75, 3.05) is 5.75 Å². The van der Waals surface area contributed by atoms with Crippen LogP contribution in [0.4, 0.5) is 0 Å². The summed E-state index contributed by atoms with van der Waals surface area (Å²) in [6.07, 6.45) is 9.11. The molecule has 0 saturated heterocycles. The Hall–Kier alpha value is -1.79. The fourth-order valence-electron chi connectivity index (χ4n) is 6.30. The van der Waals surface area contributed by atoms with Crippen LogP contribution in [-0.4, -0.2) is 26.8 Å². The van der Waals surface area contributed by atoms with Crippen LogP contribution in [0.2, 0.25) is 5.02 Å². The maximum absolute atomic E-state index is 12.9. The molecule has 4 aliphatic rings. The van der Waals surface area contributed by atoms with E-state index < -0.39 is 0 Å². The second-order valence-electron chi connectivity index (χ2n) is 9.30. The van der Waals surface area contributed by atoms with Crippen LogP contribution >= 0.6 is 23.4 Å². The van der Waals surface area contributed by atoms with Crippen LogP contribution in [0.3, 0.4) is 0 Å². The van der Waals surface area contributed by atoms with Gasteiger partial charge >= 0.3 is 0 Å². The van der Waals surface area contributed by atoms with Crippen LogP contribution in [0.1, 0.15) is 38.5 Å². The van der Waals surface area contributed by atoms with Gasteiger partial charge in [0, 0.05) is 17.1 Å². The Morgan fingerprint density at radius 2 is 1.93 bits per heavy atom. The van der Waals surface area contributed by atoms with E-state index in [-0.39, 0.29) is 22.8 Å². The molecular formula is C23H26ClN3O2S. The van der Waals surface area contributed by atoms with E-state index in [4.69, 9.17) is 11.6 Å². The van der Waals surface area contributed by atoms with Gasteiger partial charge in [0.05, 0.1) is 16.7 Å². The fourth-order valence-corrected chi connectivity index (χ4v) is 7.28. The van der Waals surface area contributed by atoms with Crippen molar-refractivity contribution < 1.29 is 4.79 Å². The number of rotatable bonds is 6. The number of thioether (sulfide) groups is 1. The summed E-state index contributed by atoms with van der Waals surface area (Å²) in [5.41, 5.74) is 0.431. The molecule has 0 radical (unpaired) electrons.